The average molecular weight is 338 g/mol. The highest BCUT2D eigenvalue weighted by molar-refractivity contribution is 5.95. The topological polar surface area (TPSA) is 81.6 Å². The Hall–Kier alpha value is -2.41. The van der Waals surface area contributed by atoms with Crippen LogP contribution in [0.15, 0.2) is 18.2 Å². The molecular weight excluding hydrogens is 316 g/mol. The van der Waals surface area contributed by atoms with E-state index in [0.717, 1.165) is 41.4 Å². The molecule has 5 rings (SSSR count). The van der Waals surface area contributed by atoms with Crippen molar-refractivity contribution < 1.29 is 4.74 Å². The molecular formula is C18H22N6O. The van der Waals surface area contributed by atoms with Gasteiger partial charge in [-0.2, -0.15) is 4.52 Å². The third kappa shape index (κ3) is 2.41. The maximum Gasteiger partial charge on any atom is 0.223 e. The second-order valence-electron chi connectivity index (χ2n) is 7.10. The minimum absolute atomic E-state index is 0.348. The third-order valence-electron chi connectivity index (χ3n) is 5.41. The summed E-state index contributed by atoms with van der Waals surface area (Å²) in [6, 6.07) is 6.62. The first kappa shape index (κ1) is 14.9. The molecule has 2 aliphatic rings. The van der Waals surface area contributed by atoms with E-state index in [0.29, 0.717) is 17.6 Å². The zero-order valence-corrected chi connectivity index (χ0v) is 14.4. The Bertz CT molecular complexity index is 948. The second-order valence-corrected chi connectivity index (χ2v) is 7.10. The van der Waals surface area contributed by atoms with E-state index in [2.05, 4.69) is 9.88 Å². The first-order valence-electron chi connectivity index (χ1n) is 8.97. The van der Waals surface area contributed by atoms with Gasteiger partial charge in [0.05, 0.1) is 7.11 Å². The fraction of sp³-hybridized carbons (Fsp3) is 0.500. The molecule has 1 atom stereocenters. The van der Waals surface area contributed by atoms with Crippen LogP contribution in [0.5, 0.6) is 5.75 Å². The van der Waals surface area contributed by atoms with Gasteiger partial charge < -0.3 is 10.5 Å². The zero-order valence-electron chi connectivity index (χ0n) is 14.4. The quantitative estimate of drug-likeness (QED) is 0.788. The fourth-order valence-corrected chi connectivity index (χ4v) is 3.97. The zero-order chi connectivity index (χ0) is 17.0. The van der Waals surface area contributed by atoms with Crippen molar-refractivity contribution in [2.24, 2.45) is 0 Å². The molecule has 3 aromatic rings. The van der Waals surface area contributed by atoms with Crippen LogP contribution >= 0.6 is 0 Å². The first-order valence-corrected chi connectivity index (χ1v) is 8.97. The average Bonchev–Trinajstić information content (AvgIpc) is 3.39. The van der Waals surface area contributed by atoms with Crippen LogP contribution in [0.4, 0.5) is 5.95 Å². The van der Waals surface area contributed by atoms with E-state index in [9.17, 15) is 0 Å². The summed E-state index contributed by atoms with van der Waals surface area (Å²) < 4.78 is 7.09. The van der Waals surface area contributed by atoms with Crippen LogP contribution in [0.25, 0.3) is 16.6 Å². The van der Waals surface area contributed by atoms with Crippen molar-refractivity contribution in [2.45, 2.75) is 37.6 Å². The summed E-state index contributed by atoms with van der Waals surface area (Å²) in [5.41, 5.74) is 7.66. The van der Waals surface area contributed by atoms with Gasteiger partial charge in [-0.1, -0.05) is 6.07 Å². The molecule has 7 nitrogen and oxygen atoms in total. The lowest BCUT2D eigenvalue weighted by molar-refractivity contribution is 0.195. The number of benzene rings is 1. The van der Waals surface area contributed by atoms with Crippen LogP contribution < -0.4 is 10.5 Å². The number of hydrogen-bond acceptors (Lipinski definition) is 6. The highest BCUT2D eigenvalue weighted by Crippen LogP contribution is 2.34. The van der Waals surface area contributed by atoms with Gasteiger partial charge in [0.2, 0.25) is 5.95 Å². The Morgan fingerprint density at radius 1 is 1.20 bits per heavy atom. The molecule has 2 aromatic heterocycles. The summed E-state index contributed by atoms with van der Waals surface area (Å²) in [5, 5.41) is 5.62. The summed E-state index contributed by atoms with van der Waals surface area (Å²) in [5.74, 6) is 2.30. The standard InChI is InChI=1S/C18H22N6O/c1-25-14-6-2-5-13-15(14)20-18(19)24-17(13)21-16(22-24)11-4-3-9-23(10-11)12-7-8-12/h2,5-6,11-12H,3-4,7-10H2,1H3,(H2,19,20). The molecule has 7 heteroatoms. The Kier molecular flexibility index (Phi) is 3.31. The van der Waals surface area contributed by atoms with Gasteiger partial charge in [-0.15, -0.1) is 5.10 Å². The highest BCUT2D eigenvalue weighted by atomic mass is 16.5. The normalized spacial score (nSPS) is 21.9. The minimum Gasteiger partial charge on any atom is -0.494 e. The van der Waals surface area contributed by atoms with Crippen molar-refractivity contribution in [1.82, 2.24) is 24.5 Å². The van der Waals surface area contributed by atoms with E-state index in [-0.39, 0.29) is 0 Å². The van der Waals surface area contributed by atoms with E-state index in [4.69, 9.17) is 20.6 Å². The summed E-state index contributed by atoms with van der Waals surface area (Å²) in [6.45, 7) is 2.26. The molecule has 1 aromatic carbocycles. The van der Waals surface area contributed by atoms with Crippen LogP contribution in [0.3, 0.4) is 0 Å². The first-order chi connectivity index (χ1) is 12.2. The molecule has 2 fully saturated rings. The molecule has 0 radical (unpaired) electrons. The summed E-state index contributed by atoms with van der Waals surface area (Å²) in [7, 11) is 1.64. The molecule has 0 bridgehead atoms. The number of rotatable bonds is 3. The number of piperidine rings is 1. The lowest BCUT2D eigenvalue weighted by Gasteiger charge is -2.31. The predicted molar refractivity (Wildman–Crippen MR) is 95.8 cm³/mol. The van der Waals surface area contributed by atoms with Crippen LogP contribution in [-0.4, -0.2) is 50.7 Å². The molecule has 3 heterocycles. The molecule has 25 heavy (non-hydrogen) atoms. The van der Waals surface area contributed by atoms with Gasteiger partial charge in [-0.05, 0) is 44.4 Å². The molecule has 0 amide bonds. The van der Waals surface area contributed by atoms with E-state index in [1.54, 1.807) is 11.6 Å². The predicted octanol–water partition coefficient (Wildman–Crippen LogP) is 2.21. The fourth-order valence-electron chi connectivity index (χ4n) is 3.97. The lowest BCUT2D eigenvalue weighted by atomic mass is 9.97. The van der Waals surface area contributed by atoms with Gasteiger partial charge in [-0.3, -0.25) is 4.90 Å². The van der Waals surface area contributed by atoms with E-state index in [1.807, 2.05) is 18.2 Å². The maximum atomic E-state index is 6.16. The van der Waals surface area contributed by atoms with Crippen molar-refractivity contribution >= 4 is 22.5 Å². The monoisotopic (exact) mass is 338 g/mol. The number of likely N-dealkylation sites (tertiary alicyclic amines) is 1. The molecule has 0 spiro atoms. The van der Waals surface area contributed by atoms with Gasteiger partial charge >= 0.3 is 0 Å². The number of nitrogen functional groups attached to an aromatic ring is 1. The smallest absolute Gasteiger partial charge is 0.223 e. The number of para-hydroxylation sites is 1. The van der Waals surface area contributed by atoms with Gasteiger partial charge in [-0.25, -0.2) is 9.97 Å². The van der Waals surface area contributed by atoms with Gasteiger partial charge in [0.1, 0.15) is 11.3 Å². The number of nitrogens with two attached hydrogens (primary N) is 1. The van der Waals surface area contributed by atoms with Crippen molar-refractivity contribution in [3.63, 3.8) is 0 Å². The van der Waals surface area contributed by atoms with Gasteiger partial charge in [0, 0.05) is 23.9 Å². The molecule has 1 unspecified atom stereocenters. The van der Waals surface area contributed by atoms with Crippen LogP contribution in [0.1, 0.15) is 37.4 Å². The SMILES string of the molecule is COc1cccc2c1nc(N)n1nc(C3CCCN(C4CC4)C3)nc21. The number of hydrogen-bond donors (Lipinski definition) is 1. The van der Waals surface area contributed by atoms with Crippen molar-refractivity contribution in [3.8, 4) is 5.75 Å². The highest BCUT2D eigenvalue weighted by Gasteiger charge is 2.34. The number of aromatic nitrogens is 4. The van der Waals surface area contributed by atoms with Crippen molar-refractivity contribution in [1.29, 1.82) is 0 Å². The summed E-state index contributed by atoms with van der Waals surface area (Å²) >= 11 is 0. The second kappa shape index (κ2) is 5.56. The third-order valence-corrected chi connectivity index (χ3v) is 5.41. The Morgan fingerprint density at radius 3 is 2.88 bits per heavy atom. The van der Waals surface area contributed by atoms with Gasteiger partial charge in [0.15, 0.2) is 11.5 Å². The van der Waals surface area contributed by atoms with E-state index >= 15 is 0 Å². The van der Waals surface area contributed by atoms with Crippen molar-refractivity contribution in [3.05, 3.63) is 24.0 Å². The number of ether oxygens (including phenoxy) is 1. The summed E-state index contributed by atoms with van der Waals surface area (Å²) in [4.78, 5) is 12.0. The number of methoxy groups -OCH3 is 1. The Balaban J connectivity index is 1.61. The van der Waals surface area contributed by atoms with Crippen LogP contribution in [0.2, 0.25) is 0 Å². The lowest BCUT2D eigenvalue weighted by Crippen LogP contribution is -2.36. The molecule has 2 N–H and O–H groups in total. The maximum absolute atomic E-state index is 6.16. The molecule has 1 saturated carbocycles. The summed E-state index contributed by atoms with van der Waals surface area (Å²) in [6.07, 6.45) is 5.02. The van der Waals surface area contributed by atoms with Crippen LogP contribution in [0, 0.1) is 0 Å². The number of fused-ring (bicyclic) bond motifs is 3. The van der Waals surface area contributed by atoms with E-state index in [1.165, 1.54) is 25.8 Å². The number of anilines is 1. The van der Waals surface area contributed by atoms with Crippen molar-refractivity contribution in [2.75, 3.05) is 25.9 Å². The Labute approximate surface area is 145 Å². The molecule has 1 aliphatic heterocycles. The Morgan fingerprint density at radius 2 is 2.08 bits per heavy atom. The number of nitrogens with zero attached hydrogens (tertiary/aromatic N) is 5. The molecule has 1 aliphatic carbocycles. The molecule has 130 valence electrons. The largest absolute Gasteiger partial charge is 0.494 e. The molecule has 1 saturated heterocycles. The van der Waals surface area contributed by atoms with Gasteiger partial charge in [0.25, 0.3) is 0 Å². The van der Waals surface area contributed by atoms with Crippen LogP contribution in [-0.2, 0) is 0 Å². The van der Waals surface area contributed by atoms with E-state index < -0.39 is 0 Å². The minimum atomic E-state index is 0.348.